The normalized spacial score (nSPS) is 18.5. The number of benzene rings is 1. The molecule has 39 heavy (non-hydrogen) atoms. The van der Waals surface area contributed by atoms with Gasteiger partial charge in [0.2, 0.25) is 11.8 Å². The second-order valence-electron chi connectivity index (χ2n) is 9.55. The molecule has 0 aliphatic carbocycles. The molecular weight excluding hydrogens is 505 g/mol. The number of aliphatic imine (C=N–C) groups is 1. The zero-order valence-electron chi connectivity index (χ0n) is 21.7. The number of nitrogens with zero attached hydrogens (tertiary/aromatic N) is 5. The van der Waals surface area contributed by atoms with Crippen molar-refractivity contribution in [2.75, 3.05) is 39.1 Å². The van der Waals surface area contributed by atoms with Gasteiger partial charge in [0.1, 0.15) is 5.82 Å². The largest absolute Gasteiger partial charge is 0.481 e. The van der Waals surface area contributed by atoms with Crippen molar-refractivity contribution < 1.29 is 23.9 Å². The van der Waals surface area contributed by atoms with Crippen molar-refractivity contribution in [2.45, 2.75) is 25.8 Å². The van der Waals surface area contributed by atoms with Gasteiger partial charge in [-0.05, 0) is 37.1 Å². The van der Waals surface area contributed by atoms with Crippen molar-refractivity contribution in [1.82, 2.24) is 25.3 Å². The number of hydrogen-bond donors (Lipinski definition) is 3. The van der Waals surface area contributed by atoms with Crippen molar-refractivity contribution in [3.63, 3.8) is 0 Å². The Morgan fingerprint density at radius 3 is 2.87 bits per heavy atom. The fraction of sp³-hybridized carbons (Fsp3) is 0.370. The number of rotatable bonds is 7. The highest BCUT2D eigenvalue weighted by atomic mass is 19.1. The number of anilines is 1. The van der Waals surface area contributed by atoms with E-state index in [9.17, 15) is 14.3 Å². The maximum atomic E-state index is 14.4. The predicted molar refractivity (Wildman–Crippen MR) is 141 cm³/mol. The molecule has 2 aromatic heterocycles. The number of carbonyl (C=O) groups is 1. The molecule has 1 amide bonds. The van der Waals surface area contributed by atoms with Crippen molar-refractivity contribution in [1.29, 1.82) is 0 Å². The van der Waals surface area contributed by atoms with E-state index in [2.05, 4.69) is 20.4 Å². The summed E-state index contributed by atoms with van der Waals surface area (Å²) in [5, 5.41) is 9.35. The summed E-state index contributed by atoms with van der Waals surface area (Å²) in [5.74, 6) is 0.360. The molecule has 1 saturated heterocycles. The van der Waals surface area contributed by atoms with Gasteiger partial charge in [-0.2, -0.15) is 0 Å². The standard InChI is InChI=1S/C27H30FN7O4/c1-15-25-22(33-27(29)30-15)11-21(32-26(25)34-39-14-24(37)35-9-8-16(12-35)13-36)18-7-6-17(28)10-19(18)20-4-3-5-23(31-20)38-2/h3-7,10,16,21,36H,8-9,11-14H2,1-2H3,(H,32,34)(H2,29,30,33)/t16?,21-/m1/s1. The smallest absolute Gasteiger partial charge is 0.251 e. The number of nitrogens with two attached hydrogens (primary N) is 1. The quantitative estimate of drug-likeness (QED) is 0.386. The number of pyridine rings is 1. The van der Waals surface area contributed by atoms with Crippen LogP contribution in [0.3, 0.4) is 0 Å². The molecule has 0 radical (unpaired) electrons. The minimum absolute atomic E-state index is 0.0525. The van der Waals surface area contributed by atoms with Crippen LogP contribution in [-0.2, 0) is 16.1 Å². The second kappa shape index (κ2) is 11.3. The molecule has 0 saturated carbocycles. The maximum Gasteiger partial charge on any atom is 0.251 e. The van der Waals surface area contributed by atoms with Crippen LogP contribution in [0.4, 0.5) is 10.3 Å². The summed E-state index contributed by atoms with van der Waals surface area (Å²) in [6.45, 7) is 2.71. The Labute approximate surface area is 224 Å². The number of hydroxylamine groups is 1. The Morgan fingerprint density at radius 1 is 1.26 bits per heavy atom. The van der Waals surface area contributed by atoms with Crippen molar-refractivity contribution in [2.24, 2.45) is 10.9 Å². The summed E-state index contributed by atoms with van der Waals surface area (Å²) < 4.78 is 19.7. The molecule has 4 N–H and O–H groups in total. The van der Waals surface area contributed by atoms with Gasteiger partial charge in [-0.3, -0.25) is 14.6 Å². The number of nitrogen functional groups attached to an aromatic ring is 1. The van der Waals surface area contributed by atoms with Gasteiger partial charge in [0, 0.05) is 43.7 Å². The third-order valence-corrected chi connectivity index (χ3v) is 6.93. The van der Waals surface area contributed by atoms with E-state index in [1.165, 1.54) is 19.2 Å². The number of carbonyl (C=O) groups excluding carboxylic acids is 1. The first-order chi connectivity index (χ1) is 18.9. The first-order valence-corrected chi connectivity index (χ1v) is 12.6. The van der Waals surface area contributed by atoms with E-state index in [0.717, 1.165) is 12.0 Å². The Morgan fingerprint density at radius 2 is 2.10 bits per heavy atom. The number of aliphatic hydroxyl groups excluding tert-OH is 1. The molecule has 1 aromatic carbocycles. The van der Waals surface area contributed by atoms with Crippen LogP contribution in [0.2, 0.25) is 0 Å². The minimum atomic E-state index is -0.486. The maximum absolute atomic E-state index is 14.4. The van der Waals surface area contributed by atoms with Gasteiger partial charge in [0.05, 0.1) is 35.8 Å². The monoisotopic (exact) mass is 535 g/mol. The number of halogens is 1. The van der Waals surface area contributed by atoms with Crippen LogP contribution in [0.5, 0.6) is 5.88 Å². The lowest BCUT2D eigenvalue weighted by Crippen LogP contribution is -2.37. The number of amides is 1. The average Bonchev–Trinajstić information content (AvgIpc) is 3.42. The molecule has 5 rings (SSSR count). The fourth-order valence-corrected chi connectivity index (χ4v) is 5.00. The van der Waals surface area contributed by atoms with Crippen LogP contribution in [0, 0.1) is 18.7 Å². The van der Waals surface area contributed by atoms with E-state index in [4.69, 9.17) is 20.3 Å². The molecule has 2 aliphatic rings. The SMILES string of the molecule is COc1cccc(-c2cc(F)ccc2[C@H]2Cc3nc(N)nc(C)c3C(NOCC(=O)N3CCC(CO)C3)=N2)n1. The molecular formula is C27H30FN7O4. The van der Waals surface area contributed by atoms with Crippen LogP contribution < -0.4 is 16.0 Å². The Balaban J connectivity index is 1.45. The molecule has 12 heteroatoms. The number of aliphatic hydroxyl groups is 1. The molecule has 2 aliphatic heterocycles. The third kappa shape index (κ3) is 5.66. The Hall–Kier alpha value is -4.16. The van der Waals surface area contributed by atoms with Crippen molar-refractivity contribution in [3.8, 4) is 17.1 Å². The summed E-state index contributed by atoms with van der Waals surface area (Å²) >= 11 is 0. The van der Waals surface area contributed by atoms with Crippen molar-refractivity contribution >= 4 is 17.7 Å². The van der Waals surface area contributed by atoms with E-state index in [-0.39, 0.29) is 31.0 Å². The first-order valence-electron chi connectivity index (χ1n) is 12.6. The number of nitrogens with one attached hydrogen (secondary N) is 1. The molecule has 3 aromatic rings. The van der Waals surface area contributed by atoms with Crippen LogP contribution >= 0.6 is 0 Å². The minimum Gasteiger partial charge on any atom is -0.481 e. The average molecular weight is 536 g/mol. The molecule has 2 atom stereocenters. The van der Waals surface area contributed by atoms with Crippen LogP contribution in [-0.4, -0.2) is 70.1 Å². The lowest BCUT2D eigenvalue weighted by molar-refractivity contribution is -0.136. The molecule has 11 nitrogen and oxygen atoms in total. The predicted octanol–water partition coefficient (Wildman–Crippen LogP) is 1.98. The van der Waals surface area contributed by atoms with Gasteiger partial charge in [-0.1, -0.05) is 12.1 Å². The summed E-state index contributed by atoms with van der Waals surface area (Å²) in [5.41, 5.74) is 12.5. The molecule has 1 unspecified atom stereocenters. The van der Waals surface area contributed by atoms with Gasteiger partial charge >= 0.3 is 0 Å². The first kappa shape index (κ1) is 26.4. The topological polar surface area (TPSA) is 148 Å². The number of hydrogen-bond acceptors (Lipinski definition) is 10. The highest BCUT2D eigenvalue weighted by molar-refractivity contribution is 6.01. The molecule has 204 valence electrons. The van der Waals surface area contributed by atoms with E-state index < -0.39 is 11.9 Å². The molecule has 4 heterocycles. The zero-order valence-corrected chi connectivity index (χ0v) is 21.7. The second-order valence-corrected chi connectivity index (χ2v) is 9.55. The zero-order chi connectivity index (χ0) is 27.5. The van der Waals surface area contributed by atoms with Gasteiger partial charge in [-0.15, -0.1) is 0 Å². The van der Waals surface area contributed by atoms with Gasteiger partial charge < -0.3 is 20.5 Å². The fourth-order valence-electron chi connectivity index (χ4n) is 5.00. The van der Waals surface area contributed by atoms with E-state index in [1.54, 1.807) is 36.1 Å². The highest BCUT2D eigenvalue weighted by Gasteiger charge is 2.30. The lowest BCUT2D eigenvalue weighted by Gasteiger charge is -2.26. The molecule has 0 bridgehead atoms. The van der Waals surface area contributed by atoms with Crippen LogP contribution in [0.25, 0.3) is 11.3 Å². The molecule has 0 spiro atoms. The summed E-state index contributed by atoms with van der Waals surface area (Å²) in [6, 6.07) is 9.26. The van der Waals surface area contributed by atoms with Crippen molar-refractivity contribution in [3.05, 3.63) is 64.7 Å². The summed E-state index contributed by atoms with van der Waals surface area (Å²) in [7, 11) is 1.52. The number of aromatic nitrogens is 3. The van der Waals surface area contributed by atoms with Gasteiger partial charge in [0.15, 0.2) is 12.4 Å². The van der Waals surface area contributed by atoms with Crippen LogP contribution in [0.15, 0.2) is 41.4 Å². The van der Waals surface area contributed by atoms with Gasteiger partial charge in [0.25, 0.3) is 5.91 Å². The Bertz CT molecular complexity index is 1420. The number of methoxy groups -OCH3 is 1. The van der Waals surface area contributed by atoms with Gasteiger partial charge in [-0.25, -0.2) is 24.8 Å². The summed E-state index contributed by atoms with van der Waals surface area (Å²) in [4.78, 5) is 38.0. The number of likely N-dealkylation sites (tertiary alicyclic amines) is 1. The number of aryl methyl sites for hydroxylation is 1. The number of amidine groups is 1. The lowest BCUT2D eigenvalue weighted by atomic mass is 9.91. The summed E-state index contributed by atoms with van der Waals surface area (Å²) in [6.07, 6.45) is 1.14. The number of ether oxygens (including phenoxy) is 1. The van der Waals surface area contributed by atoms with E-state index in [1.807, 2.05) is 0 Å². The Kier molecular flexibility index (Phi) is 7.66. The third-order valence-electron chi connectivity index (χ3n) is 6.93. The van der Waals surface area contributed by atoms with E-state index >= 15 is 0 Å². The van der Waals surface area contributed by atoms with Crippen LogP contribution in [0.1, 0.15) is 35.0 Å². The van der Waals surface area contributed by atoms with E-state index in [0.29, 0.717) is 59.4 Å². The molecule has 1 fully saturated rings. The number of fused-ring (bicyclic) bond motifs is 1. The highest BCUT2D eigenvalue weighted by Crippen LogP contribution is 2.36.